The molecule has 0 aromatic heterocycles. The van der Waals surface area contributed by atoms with Crippen LogP contribution in [0.2, 0.25) is 0 Å². The van der Waals surface area contributed by atoms with Crippen LogP contribution in [0.1, 0.15) is 22.8 Å². The summed E-state index contributed by atoms with van der Waals surface area (Å²) >= 11 is 0. The highest BCUT2D eigenvalue weighted by atomic mass is 19.1. The molecule has 0 unspecified atom stereocenters. The number of allylic oxidation sites excluding steroid dienone is 2. The van der Waals surface area contributed by atoms with Crippen LogP contribution in [0.4, 0.5) is 4.39 Å². The zero-order valence-electron chi connectivity index (χ0n) is 7.30. The number of halogens is 1. The molecule has 0 fully saturated rings. The third kappa shape index (κ3) is 1.18. The Morgan fingerprint density at radius 3 is 2.92 bits per heavy atom. The predicted octanol–water partition coefficient (Wildman–Crippen LogP) is 2.51. The van der Waals surface area contributed by atoms with Crippen molar-refractivity contribution in [2.75, 3.05) is 0 Å². The second kappa shape index (κ2) is 2.80. The molecule has 2 heteroatoms. The fraction of sp³-hybridized carbons (Fsp3) is 0.182. The van der Waals surface area contributed by atoms with Gasteiger partial charge in [0.25, 0.3) is 0 Å². The molecule has 0 atom stereocenters. The Morgan fingerprint density at radius 1 is 1.46 bits per heavy atom. The van der Waals surface area contributed by atoms with Gasteiger partial charge in [-0.3, -0.25) is 4.79 Å². The van der Waals surface area contributed by atoms with Crippen molar-refractivity contribution in [3.05, 3.63) is 46.8 Å². The highest BCUT2D eigenvalue weighted by Crippen LogP contribution is 2.26. The molecular weight excluding hydrogens is 167 g/mol. The number of hydrogen-bond donors (Lipinski definition) is 0. The van der Waals surface area contributed by atoms with Crippen molar-refractivity contribution < 1.29 is 9.18 Å². The third-order valence-corrected chi connectivity index (χ3v) is 2.34. The molecule has 0 saturated carbocycles. The van der Waals surface area contributed by atoms with E-state index >= 15 is 0 Å². The predicted molar refractivity (Wildman–Crippen MR) is 48.2 cm³/mol. The van der Waals surface area contributed by atoms with Crippen molar-refractivity contribution in [2.24, 2.45) is 0 Å². The Hall–Kier alpha value is -1.44. The first-order valence-corrected chi connectivity index (χ1v) is 4.20. The lowest BCUT2D eigenvalue weighted by Crippen LogP contribution is -1.94. The summed E-state index contributed by atoms with van der Waals surface area (Å²) in [5, 5.41) is 0. The standard InChI is InChI=1S/C11H9FO/c1-2-7-5-8-3-4-9(12)6-10(8)11(7)13/h2-4,6H,5H2,1H3/b7-2-. The first kappa shape index (κ1) is 8.17. The van der Waals surface area contributed by atoms with Gasteiger partial charge in [-0.1, -0.05) is 12.1 Å². The summed E-state index contributed by atoms with van der Waals surface area (Å²) in [6.07, 6.45) is 2.44. The Bertz CT molecular complexity index is 405. The SMILES string of the molecule is C/C=C1/Cc2ccc(F)cc2C1=O. The Labute approximate surface area is 75.9 Å². The average molecular weight is 176 g/mol. The van der Waals surface area contributed by atoms with Crippen LogP contribution in [0.5, 0.6) is 0 Å². The highest BCUT2D eigenvalue weighted by Gasteiger charge is 2.23. The maximum Gasteiger partial charge on any atom is 0.189 e. The van der Waals surface area contributed by atoms with E-state index in [1.54, 1.807) is 12.1 Å². The molecule has 0 spiro atoms. The monoisotopic (exact) mass is 176 g/mol. The normalized spacial score (nSPS) is 18.0. The number of rotatable bonds is 0. The molecule has 0 radical (unpaired) electrons. The first-order chi connectivity index (χ1) is 6.22. The van der Waals surface area contributed by atoms with Crippen molar-refractivity contribution in [3.63, 3.8) is 0 Å². The number of fused-ring (bicyclic) bond motifs is 1. The van der Waals surface area contributed by atoms with Gasteiger partial charge in [0.15, 0.2) is 5.78 Å². The molecular formula is C11H9FO. The highest BCUT2D eigenvalue weighted by molar-refractivity contribution is 6.13. The van der Waals surface area contributed by atoms with E-state index in [1.807, 2.05) is 6.92 Å². The van der Waals surface area contributed by atoms with Gasteiger partial charge >= 0.3 is 0 Å². The fourth-order valence-electron chi connectivity index (χ4n) is 1.61. The largest absolute Gasteiger partial charge is 0.289 e. The molecule has 1 nitrogen and oxygen atoms in total. The molecule has 0 bridgehead atoms. The molecule has 1 aromatic rings. The van der Waals surface area contributed by atoms with Crippen LogP contribution >= 0.6 is 0 Å². The van der Waals surface area contributed by atoms with E-state index in [1.165, 1.54) is 12.1 Å². The summed E-state index contributed by atoms with van der Waals surface area (Å²) in [6, 6.07) is 4.39. The Balaban J connectivity index is 2.57. The summed E-state index contributed by atoms with van der Waals surface area (Å²) in [4.78, 5) is 11.5. The van der Waals surface area contributed by atoms with Gasteiger partial charge in [-0.05, 0) is 24.6 Å². The molecule has 1 aliphatic carbocycles. The van der Waals surface area contributed by atoms with Crippen LogP contribution in [-0.4, -0.2) is 5.78 Å². The lowest BCUT2D eigenvalue weighted by molar-refractivity contribution is 0.103. The molecule has 13 heavy (non-hydrogen) atoms. The maximum atomic E-state index is 12.8. The first-order valence-electron chi connectivity index (χ1n) is 4.20. The quantitative estimate of drug-likeness (QED) is 0.555. The molecule has 0 saturated heterocycles. The summed E-state index contributed by atoms with van der Waals surface area (Å²) in [7, 11) is 0. The molecule has 0 amide bonds. The zero-order chi connectivity index (χ0) is 9.42. The topological polar surface area (TPSA) is 17.1 Å². The lowest BCUT2D eigenvalue weighted by atomic mass is 10.1. The van der Waals surface area contributed by atoms with Gasteiger partial charge in [0.1, 0.15) is 5.82 Å². The summed E-state index contributed by atoms with van der Waals surface area (Å²) in [5.74, 6) is -0.374. The van der Waals surface area contributed by atoms with Gasteiger partial charge in [0, 0.05) is 17.6 Å². The number of ketones is 1. The molecule has 66 valence electrons. The van der Waals surface area contributed by atoms with Gasteiger partial charge in [0.2, 0.25) is 0 Å². The van der Waals surface area contributed by atoms with Crippen LogP contribution in [-0.2, 0) is 6.42 Å². The van der Waals surface area contributed by atoms with Crippen LogP contribution in [0.15, 0.2) is 29.8 Å². The smallest absolute Gasteiger partial charge is 0.189 e. The minimum atomic E-state index is -0.343. The molecule has 0 aliphatic heterocycles. The molecule has 0 N–H and O–H groups in total. The molecule has 0 heterocycles. The van der Waals surface area contributed by atoms with Crippen LogP contribution in [0.25, 0.3) is 0 Å². The van der Waals surface area contributed by atoms with E-state index in [9.17, 15) is 9.18 Å². The summed E-state index contributed by atoms with van der Waals surface area (Å²) in [5.41, 5.74) is 2.22. The van der Waals surface area contributed by atoms with Gasteiger partial charge in [-0.15, -0.1) is 0 Å². The molecule has 1 aliphatic rings. The van der Waals surface area contributed by atoms with Gasteiger partial charge in [0.05, 0.1) is 0 Å². The van der Waals surface area contributed by atoms with E-state index in [0.29, 0.717) is 12.0 Å². The van der Waals surface area contributed by atoms with E-state index in [4.69, 9.17) is 0 Å². The maximum absolute atomic E-state index is 12.8. The summed E-state index contributed by atoms with van der Waals surface area (Å²) in [6.45, 7) is 1.83. The number of carbonyl (C=O) groups is 1. The zero-order valence-corrected chi connectivity index (χ0v) is 7.30. The van der Waals surface area contributed by atoms with E-state index in [-0.39, 0.29) is 11.6 Å². The van der Waals surface area contributed by atoms with E-state index in [0.717, 1.165) is 11.1 Å². The van der Waals surface area contributed by atoms with Gasteiger partial charge in [-0.2, -0.15) is 0 Å². The van der Waals surface area contributed by atoms with Gasteiger partial charge in [-0.25, -0.2) is 4.39 Å². The van der Waals surface area contributed by atoms with Crippen molar-refractivity contribution >= 4 is 5.78 Å². The van der Waals surface area contributed by atoms with Crippen molar-refractivity contribution in [2.45, 2.75) is 13.3 Å². The minimum absolute atomic E-state index is 0.0306. The average Bonchev–Trinajstić information content (AvgIpc) is 2.44. The van der Waals surface area contributed by atoms with Crippen molar-refractivity contribution in [3.8, 4) is 0 Å². The lowest BCUT2D eigenvalue weighted by Gasteiger charge is -1.94. The fourth-order valence-corrected chi connectivity index (χ4v) is 1.61. The second-order valence-electron chi connectivity index (χ2n) is 3.12. The summed E-state index contributed by atoms with van der Waals surface area (Å²) < 4.78 is 12.8. The third-order valence-electron chi connectivity index (χ3n) is 2.34. The van der Waals surface area contributed by atoms with Crippen LogP contribution < -0.4 is 0 Å². The Morgan fingerprint density at radius 2 is 2.23 bits per heavy atom. The van der Waals surface area contributed by atoms with Crippen LogP contribution in [0, 0.1) is 5.82 Å². The van der Waals surface area contributed by atoms with E-state index in [2.05, 4.69) is 0 Å². The number of hydrogen-bond acceptors (Lipinski definition) is 1. The minimum Gasteiger partial charge on any atom is -0.289 e. The number of carbonyl (C=O) groups excluding carboxylic acids is 1. The molecule has 2 rings (SSSR count). The Kier molecular flexibility index (Phi) is 1.76. The van der Waals surface area contributed by atoms with Crippen LogP contribution in [0.3, 0.4) is 0 Å². The van der Waals surface area contributed by atoms with Gasteiger partial charge < -0.3 is 0 Å². The number of Topliss-reactive ketones (excluding diaryl/α,β-unsaturated/α-hetero) is 1. The molecule has 1 aromatic carbocycles. The second-order valence-corrected chi connectivity index (χ2v) is 3.12. The number of benzene rings is 1. The van der Waals surface area contributed by atoms with E-state index < -0.39 is 0 Å². The van der Waals surface area contributed by atoms with Crippen molar-refractivity contribution in [1.82, 2.24) is 0 Å². The van der Waals surface area contributed by atoms with Crippen molar-refractivity contribution in [1.29, 1.82) is 0 Å².